The monoisotopic (exact) mass is 427 g/mol. The fourth-order valence-electron chi connectivity index (χ4n) is 3.59. The van der Waals surface area contributed by atoms with Gasteiger partial charge in [-0.05, 0) is 59.5 Å². The van der Waals surface area contributed by atoms with Crippen LogP contribution in [0.15, 0.2) is 46.9 Å². The van der Waals surface area contributed by atoms with Gasteiger partial charge in [0.05, 0.1) is 25.5 Å². The first-order chi connectivity index (χ1) is 13.2. The molecule has 0 fully saturated rings. The third-order valence-electron chi connectivity index (χ3n) is 4.87. The topological polar surface area (TPSA) is 48.3 Å². The van der Waals surface area contributed by atoms with E-state index in [4.69, 9.17) is 14.6 Å². The third-order valence-corrected chi connectivity index (χ3v) is 5.55. The molecule has 2 aromatic carbocycles. The van der Waals surface area contributed by atoms with Crippen LogP contribution in [0.5, 0.6) is 11.5 Å². The van der Waals surface area contributed by atoms with Gasteiger partial charge < -0.3 is 14.8 Å². The molecule has 0 atom stereocenters. The van der Waals surface area contributed by atoms with Gasteiger partial charge in [-0.1, -0.05) is 18.2 Å². The molecular formula is C21H22BrN3O2. The first-order valence-electron chi connectivity index (χ1n) is 9.06. The quantitative estimate of drug-likeness (QED) is 0.631. The molecule has 0 saturated carbocycles. The molecule has 0 spiro atoms. The number of ether oxygens (including phenoxy) is 2. The highest BCUT2D eigenvalue weighted by atomic mass is 79.9. The van der Waals surface area contributed by atoms with Crippen LogP contribution in [-0.2, 0) is 6.42 Å². The first-order valence-corrected chi connectivity index (χ1v) is 9.86. The van der Waals surface area contributed by atoms with E-state index in [9.17, 15) is 0 Å². The van der Waals surface area contributed by atoms with Gasteiger partial charge in [0, 0.05) is 16.6 Å². The van der Waals surface area contributed by atoms with E-state index in [1.54, 1.807) is 14.2 Å². The maximum atomic E-state index is 5.64. The molecule has 1 aliphatic heterocycles. The van der Waals surface area contributed by atoms with Crippen molar-refractivity contribution in [2.75, 3.05) is 26.1 Å². The summed E-state index contributed by atoms with van der Waals surface area (Å²) in [6, 6.07) is 14.0. The van der Waals surface area contributed by atoms with Gasteiger partial charge in [0.1, 0.15) is 23.0 Å². The van der Waals surface area contributed by atoms with Crippen molar-refractivity contribution >= 4 is 21.7 Å². The summed E-state index contributed by atoms with van der Waals surface area (Å²) < 4.78 is 14.3. The molecule has 5 nitrogen and oxygen atoms in total. The lowest BCUT2D eigenvalue weighted by Gasteiger charge is -2.12. The Morgan fingerprint density at radius 3 is 2.44 bits per heavy atom. The average Bonchev–Trinajstić information content (AvgIpc) is 2.88. The smallest absolute Gasteiger partial charge is 0.133 e. The molecule has 2 heterocycles. The summed E-state index contributed by atoms with van der Waals surface area (Å²) >= 11 is 3.66. The molecule has 0 unspecified atom stereocenters. The van der Waals surface area contributed by atoms with Gasteiger partial charge >= 0.3 is 0 Å². The Morgan fingerprint density at radius 1 is 1.00 bits per heavy atom. The number of halogens is 1. The van der Waals surface area contributed by atoms with E-state index in [2.05, 4.69) is 27.3 Å². The Kier molecular flexibility index (Phi) is 5.07. The molecule has 0 saturated heterocycles. The highest BCUT2D eigenvalue weighted by Gasteiger charge is 2.26. The van der Waals surface area contributed by atoms with Crippen LogP contribution in [-0.4, -0.2) is 30.5 Å². The summed E-state index contributed by atoms with van der Waals surface area (Å²) in [5, 5.41) is 8.60. The van der Waals surface area contributed by atoms with Gasteiger partial charge in [-0.3, -0.25) is 0 Å². The molecule has 6 heteroatoms. The number of para-hydroxylation sites is 1. The Morgan fingerprint density at radius 2 is 1.74 bits per heavy atom. The number of hydrogen-bond donors (Lipinski definition) is 1. The van der Waals surface area contributed by atoms with Crippen molar-refractivity contribution in [1.29, 1.82) is 0 Å². The number of anilines is 1. The standard InChI is InChI=1S/C21H22BrN3O2/c1-26-17-11-7-12-18(27-2)19(17)20-14-8-5-6-13-23-21(14)25(24-20)16-10-4-3-9-15(16)22/h3-4,7,9-12,23H,5-6,8,13H2,1-2H3. The second-order valence-electron chi connectivity index (χ2n) is 6.46. The zero-order chi connectivity index (χ0) is 18.8. The molecule has 4 rings (SSSR count). The number of rotatable bonds is 4. The molecule has 1 aliphatic rings. The van der Waals surface area contributed by atoms with Gasteiger partial charge in [-0.2, -0.15) is 5.10 Å². The molecule has 140 valence electrons. The second kappa shape index (κ2) is 7.64. The summed E-state index contributed by atoms with van der Waals surface area (Å²) in [7, 11) is 3.36. The Hall–Kier alpha value is -2.47. The summed E-state index contributed by atoms with van der Waals surface area (Å²) in [5.74, 6) is 2.57. The van der Waals surface area contributed by atoms with Gasteiger partial charge in [-0.25, -0.2) is 4.68 Å². The molecule has 3 aromatic rings. The van der Waals surface area contributed by atoms with Crippen LogP contribution in [0.4, 0.5) is 5.82 Å². The fraction of sp³-hybridized carbons (Fsp3) is 0.286. The van der Waals surface area contributed by atoms with Crippen molar-refractivity contribution in [3.63, 3.8) is 0 Å². The third kappa shape index (κ3) is 3.18. The lowest BCUT2D eigenvalue weighted by Crippen LogP contribution is -2.07. The maximum Gasteiger partial charge on any atom is 0.133 e. The molecule has 27 heavy (non-hydrogen) atoms. The first kappa shape index (κ1) is 17.9. The minimum Gasteiger partial charge on any atom is -0.496 e. The largest absolute Gasteiger partial charge is 0.496 e. The molecule has 0 amide bonds. The number of hydrogen-bond acceptors (Lipinski definition) is 4. The van der Waals surface area contributed by atoms with Crippen LogP contribution in [0.25, 0.3) is 16.9 Å². The van der Waals surface area contributed by atoms with E-state index in [0.717, 1.165) is 64.5 Å². The van der Waals surface area contributed by atoms with Crippen molar-refractivity contribution in [3.05, 3.63) is 52.5 Å². The number of methoxy groups -OCH3 is 2. The minimum absolute atomic E-state index is 0.762. The van der Waals surface area contributed by atoms with Crippen LogP contribution < -0.4 is 14.8 Å². The summed E-state index contributed by atoms with van der Waals surface area (Å²) in [6.07, 6.45) is 3.21. The minimum atomic E-state index is 0.762. The fourth-order valence-corrected chi connectivity index (χ4v) is 4.04. The van der Waals surface area contributed by atoms with E-state index in [0.29, 0.717) is 0 Å². The number of nitrogens with one attached hydrogen (secondary N) is 1. The second-order valence-corrected chi connectivity index (χ2v) is 7.31. The van der Waals surface area contributed by atoms with Gasteiger partial charge in [0.15, 0.2) is 0 Å². The average molecular weight is 428 g/mol. The van der Waals surface area contributed by atoms with Crippen molar-refractivity contribution in [2.24, 2.45) is 0 Å². The SMILES string of the molecule is COc1cccc(OC)c1-c1nn(-c2ccccc2Br)c2c1CCCCN2. The lowest BCUT2D eigenvalue weighted by molar-refractivity contribution is 0.397. The van der Waals surface area contributed by atoms with Crippen LogP contribution in [0.1, 0.15) is 18.4 Å². The van der Waals surface area contributed by atoms with E-state index < -0.39 is 0 Å². The Labute approximate surface area is 167 Å². The van der Waals surface area contributed by atoms with Crippen molar-refractivity contribution < 1.29 is 9.47 Å². The van der Waals surface area contributed by atoms with Crippen molar-refractivity contribution in [2.45, 2.75) is 19.3 Å². The summed E-state index contributed by atoms with van der Waals surface area (Å²) in [6.45, 7) is 0.936. The normalized spacial score (nSPS) is 13.4. The molecular weight excluding hydrogens is 406 g/mol. The maximum absolute atomic E-state index is 5.64. The predicted octanol–water partition coefficient (Wildman–Crippen LogP) is 5.07. The molecule has 0 bridgehead atoms. The van der Waals surface area contributed by atoms with E-state index in [1.807, 2.05) is 41.1 Å². The van der Waals surface area contributed by atoms with Gasteiger partial charge in [0.2, 0.25) is 0 Å². The predicted molar refractivity (Wildman–Crippen MR) is 111 cm³/mol. The number of aromatic nitrogens is 2. The lowest BCUT2D eigenvalue weighted by atomic mass is 10.0. The van der Waals surface area contributed by atoms with Crippen molar-refractivity contribution in [1.82, 2.24) is 9.78 Å². The number of fused-ring (bicyclic) bond motifs is 1. The highest BCUT2D eigenvalue weighted by molar-refractivity contribution is 9.10. The van der Waals surface area contributed by atoms with Crippen LogP contribution in [0.3, 0.4) is 0 Å². The summed E-state index contributed by atoms with van der Waals surface area (Å²) in [4.78, 5) is 0. The number of benzene rings is 2. The van der Waals surface area contributed by atoms with E-state index in [-0.39, 0.29) is 0 Å². The van der Waals surface area contributed by atoms with E-state index >= 15 is 0 Å². The van der Waals surface area contributed by atoms with Crippen LogP contribution in [0.2, 0.25) is 0 Å². The molecule has 0 radical (unpaired) electrons. The Balaban J connectivity index is 2.00. The van der Waals surface area contributed by atoms with Gasteiger partial charge in [0.25, 0.3) is 0 Å². The number of nitrogens with zero attached hydrogens (tertiary/aromatic N) is 2. The van der Waals surface area contributed by atoms with Gasteiger partial charge in [-0.15, -0.1) is 0 Å². The summed E-state index contributed by atoms with van der Waals surface area (Å²) in [5.41, 5.74) is 4.01. The molecule has 1 N–H and O–H groups in total. The molecule has 1 aromatic heterocycles. The zero-order valence-electron chi connectivity index (χ0n) is 15.5. The Bertz CT molecular complexity index is 946. The zero-order valence-corrected chi connectivity index (χ0v) is 17.0. The van der Waals surface area contributed by atoms with Crippen LogP contribution in [0, 0.1) is 0 Å². The van der Waals surface area contributed by atoms with Crippen LogP contribution >= 0.6 is 15.9 Å². The molecule has 0 aliphatic carbocycles. The van der Waals surface area contributed by atoms with Crippen molar-refractivity contribution in [3.8, 4) is 28.4 Å². The highest BCUT2D eigenvalue weighted by Crippen LogP contribution is 2.43. The van der Waals surface area contributed by atoms with E-state index in [1.165, 1.54) is 5.56 Å².